The van der Waals surface area contributed by atoms with Gasteiger partial charge in [-0.05, 0) is 56.6 Å². The number of aromatic nitrogens is 2. The minimum absolute atomic E-state index is 0.0378. The molecule has 168 valence electrons. The van der Waals surface area contributed by atoms with Crippen molar-refractivity contribution in [3.63, 3.8) is 0 Å². The maximum Gasteiger partial charge on any atom is 0.263 e. The quantitative estimate of drug-likeness (QED) is 0.388. The van der Waals surface area contributed by atoms with Crippen molar-refractivity contribution in [2.24, 2.45) is 0 Å². The number of carbonyl (C=O) groups is 1. The average Bonchev–Trinajstić information content (AvgIpc) is 3.46. The van der Waals surface area contributed by atoms with Gasteiger partial charge in [0.05, 0.1) is 17.2 Å². The summed E-state index contributed by atoms with van der Waals surface area (Å²) in [6.07, 6.45) is 8.72. The average molecular weight is 468 g/mol. The molecule has 2 aliphatic rings. The Kier molecular flexibility index (Phi) is 6.37. The Bertz CT molecular complexity index is 1180. The van der Waals surface area contributed by atoms with Gasteiger partial charge in [0.25, 0.3) is 5.56 Å². The third-order valence-electron chi connectivity index (χ3n) is 6.69. The van der Waals surface area contributed by atoms with Gasteiger partial charge in [-0.3, -0.25) is 14.2 Å². The minimum atomic E-state index is -0.0548. The van der Waals surface area contributed by atoms with E-state index in [2.05, 4.69) is 5.32 Å². The van der Waals surface area contributed by atoms with Gasteiger partial charge in [-0.1, -0.05) is 54.9 Å². The molecular formula is C25H29N3O2S2. The van der Waals surface area contributed by atoms with Gasteiger partial charge < -0.3 is 5.32 Å². The van der Waals surface area contributed by atoms with Crippen molar-refractivity contribution < 1.29 is 4.79 Å². The Hall–Kier alpha value is -2.12. The zero-order valence-corrected chi connectivity index (χ0v) is 20.1. The molecule has 1 saturated carbocycles. The highest BCUT2D eigenvalue weighted by Crippen LogP contribution is 2.37. The number of nitrogens with zero attached hydrogens (tertiary/aromatic N) is 2. The van der Waals surface area contributed by atoms with Crippen molar-refractivity contribution in [2.45, 2.75) is 75.5 Å². The number of nitrogens with one attached hydrogen (secondary N) is 1. The normalized spacial score (nSPS) is 17.4. The van der Waals surface area contributed by atoms with Crippen LogP contribution in [0.4, 0.5) is 0 Å². The van der Waals surface area contributed by atoms with E-state index in [0.29, 0.717) is 5.16 Å². The molecule has 5 rings (SSSR count). The molecular weight excluding hydrogens is 438 g/mol. The number of thiophene rings is 1. The fourth-order valence-corrected chi connectivity index (χ4v) is 7.20. The molecule has 0 bridgehead atoms. The van der Waals surface area contributed by atoms with Crippen LogP contribution in [-0.2, 0) is 17.6 Å². The van der Waals surface area contributed by atoms with Gasteiger partial charge in [0.1, 0.15) is 4.83 Å². The summed E-state index contributed by atoms with van der Waals surface area (Å²) in [4.78, 5) is 33.5. The highest BCUT2D eigenvalue weighted by Gasteiger charge is 2.27. The first-order chi connectivity index (χ1) is 15.6. The zero-order valence-electron chi connectivity index (χ0n) is 18.4. The van der Waals surface area contributed by atoms with Crippen molar-refractivity contribution in [1.82, 2.24) is 14.9 Å². The summed E-state index contributed by atoms with van der Waals surface area (Å²) in [6, 6.07) is 10.1. The summed E-state index contributed by atoms with van der Waals surface area (Å²) in [6.45, 7) is 1.99. The van der Waals surface area contributed by atoms with E-state index in [0.717, 1.165) is 60.7 Å². The second-order valence-electron chi connectivity index (χ2n) is 8.89. The third kappa shape index (κ3) is 4.25. The van der Waals surface area contributed by atoms with E-state index >= 15 is 0 Å². The number of carbonyl (C=O) groups excluding carboxylic acids is 1. The van der Waals surface area contributed by atoms with Crippen LogP contribution in [0.25, 0.3) is 10.2 Å². The van der Waals surface area contributed by atoms with Crippen LogP contribution in [0, 0.1) is 0 Å². The third-order valence-corrected chi connectivity index (χ3v) is 8.83. The van der Waals surface area contributed by atoms with Gasteiger partial charge in [0, 0.05) is 10.9 Å². The monoisotopic (exact) mass is 467 g/mol. The number of fused-ring (bicyclic) bond motifs is 3. The van der Waals surface area contributed by atoms with Crippen LogP contribution in [0.2, 0.25) is 0 Å². The van der Waals surface area contributed by atoms with E-state index in [4.69, 9.17) is 4.98 Å². The topological polar surface area (TPSA) is 64.0 Å². The van der Waals surface area contributed by atoms with Crippen molar-refractivity contribution in [2.75, 3.05) is 5.75 Å². The SMILES string of the molecule is CC(NC(=O)CSc1nc2sc3c(c2c(=O)n1C1CCCC1)CCCC3)c1ccccc1. The number of amides is 1. The van der Waals surface area contributed by atoms with Gasteiger partial charge in [0.2, 0.25) is 5.91 Å². The Morgan fingerprint density at radius 1 is 1.19 bits per heavy atom. The summed E-state index contributed by atoms with van der Waals surface area (Å²) in [7, 11) is 0. The highest BCUT2D eigenvalue weighted by molar-refractivity contribution is 7.99. The second-order valence-corrected chi connectivity index (χ2v) is 10.9. The second kappa shape index (κ2) is 9.40. The standard InChI is InChI=1S/C25H29N3O2S2/c1-16(17-9-3-2-4-10-17)26-21(29)15-31-25-27-23-22(19-13-7-8-14-20(19)32-23)24(30)28(25)18-11-5-6-12-18/h2-4,9-10,16,18H,5-8,11-15H2,1H3,(H,26,29). The first kappa shape index (κ1) is 21.7. The lowest BCUT2D eigenvalue weighted by Crippen LogP contribution is -2.30. The van der Waals surface area contributed by atoms with E-state index in [1.165, 1.54) is 28.6 Å². The molecule has 5 nitrogen and oxygen atoms in total. The summed E-state index contributed by atoms with van der Waals surface area (Å²) >= 11 is 3.08. The summed E-state index contributed by atoms with van der Waals surface area (Å²) in [5.74, 6) is 0.219. The largest absolute Gasteiger partial charge is 0.349 e. The van der Waals surface area contributed by atoms with Crippen LogP contribution >= 0.6 is 23.1 Å². The van der Waals surface area contributed by atoms with Crippen LogP contribution in [0.15, 0.2) is 40.3 Å². The number of hydrogen-bond donors (Lipinski definition) is 1. The smallest absolute Gasteiger partial charge is 0.263 e. The Morgan fingerprint density at radius 2 is 1.94 bits per heavy atom. The predicted molar refractivity (Wildman–Crippen MR) is 132 cm³/mol. The van der Waals surface area contributed by atoms with Crippen LogP contribution in [0.5, 0.6) is 0 Å². The Labute approximate surface area is 196 Å². The number of thioether (sulfide) groups is 1. The van der Waals surface area contributed by atoms with E-state index in [1.54, 1.807) is 11.3 Å². The zero-order chi connectivity index (χ0) is 22.1. The molecule has 32 heavy (non-hydrogen) atoms. The first-order valence-electron chi connectivity index (χ1n) is 11.7. The molecule has 1 N–H and O–H groups in total. The van der Waals surface area contributed by atoms with Crippen molar-refractivity contribution >= 4 is 39.2 Å². The number of hydrogen-bond acceptors (Lipinski definition) is 5. The first-order valence-corrected chi connectivity index (χ1v) is 13.5. The predicted octanol–water partition coefficient (Wildman–Crippen LogP) is 5.42. The summed E-state index contributed by atoms with van der Waals surface area (Å²) in [5, 5.41) is 4.63. The Balaban J connectivity index is 1.42. The van der Waals surface area contributed by atoms with Gasteiger partial charge in [-0.2, -0.15) is 0 Å². The molecule has 1 atom stereocenters. The molecule has 1 amide bonds. The lowest BCUT2D eigenvalue weighted by molar-refractivity contribution is -0.119. The molecule has 3 aromatic rings. The molecule has 1 unspecified atom stereocenters. The maximum absolute atomic E-state index is 13.7. The molecule has 0 saturated heterocycles. The molecule has 0 radical (unpaired) electrons. The molecule has 7 heteroatoms. The van der Waals surface area contributed by atoms with Crippen molar-refractivity contribution in [3.05, 3.63) is 56.7 Å². The van der Waals surface area contributed by atoms with Crippen LogP contribution in [-0.4, -0.2) is 21.2 Å². The van der Waals surface area contributed by atoms with Crippen LogP contribution in [0.3, 0.4) is 0 Å². The van der Waals surface area contributed by atoms with Gasteiger partial charge in [-0.15, -0.1) is 11.3 Å². The van der Waals surface area contributed by atoms with E-state index in [9.17, 15) is 9.59 Å². The number of rotatable bonds is 6. The molecule has 1 fully saturated rings. The fourth-order valence-electron chi connectivity index (χ4n) is 5.02. The fraction of sp³-hybridized carbons (Fsp3) is 0.480. The number of benzene rings is 1. The van der Waals surface area contributed by atoms with Crippen molar-refractivity contribution in [3.8, 4) is 0 Å². The van der Waals surface area contributed by atoms with Crippen LogP contribution in [0.1, 0.15) is 73.5 Å². The van der Waals surface area contributed by atoms with E-state index in [1.807, 2.05) is 41.8 Å². The minimum Gasteiger partial charge on any atom is -0.349 e. The Morgan fingerprint density at radius 3 is 2.72 bits per heavy atom. The molecule has 2 aliphatic carbocycles. The van der Waals surface area contributed by atoms with Gasteiger partial charge in [0.15, 0.2) is 5.16 Å². The summed E-state index contributed by atoms with van der Waals surface area (Å²) in [5.41, 5.74) is 2.44. The lowest BCUT2D eigenvalue weighted by Gasteiger charge is -2.19. The molecule has 1 aromatic carbocycles. The highest BCUT2D eigenvalue weighted by atomic mass is 32.2. The van der Waals surface area contributed by atoms with E-state index in [-0.39, 0.29) is 29.3 Å². The van der Waals surface area contributed by atoms with E-state index < -0.39 is 0 Å². The molecule has 0 spiro atoms. The summed E-state index contributed by atoms with van der Waals surface area (Å²) < 4.78 is 1.93. The molecule has 2 heterocycles. The van der Waals surface area contributed by atoms with Crippen molar-refractivity contribution in [1.29, 1.82) is 0 Å². The number of aryl methyl sites for hydroxylation is 2. The molecule has 0 aliphatic heterocycles. The lowest BCUT2D eigenvalue weighted by atomic mass is 9.97. The maximum atomic E-state index is 13.7. The van der Waals surface area contributed by atoms with Gasteiger partial charge >= 0.3 is 0 Å². The van der Waals surface area contributed by atoms with Gasteiger partial charge in [-0.25, -0.2) is 4.98 Å². The van der Waals surface area contributed by atoms with Crippen LogP contribution < -0.4 is 10.9 Å². The molecule has 2 aromatic heterocycles.